The van der Waals surface area contributed by atoms with E-state index in [4.69, 9.17) is 4.74 Å². The first-order valence-electron chi connectivity index (χ1n) is 12.2. The van der Waals surface area contributed by atoms with E-state index < -0.39 is 5.41 Å². The maximum Gasteiger partial charge on any atom is 0.255 e. The van der Waals surface area contributed by atoms with Crippen LogP contribution in [-0.2, 0) is 4.79 Å². The lowest BCUT2D eigenvalue weighted by atomic mass is 9.73. The van der Waals surface area contributed by atoms with Gasteiger partial charge in [0.2, 0.25) is 5.91 Å². The second-order valence-electron chi connectivity index (χ2n) is 9.34. The van der Waals surface area contributed by atoms with Gasteiger partial charge >= 0.3 is 0 Å². The molecule has 2 heterocycles. The van der Waals surface area contributed by atoms with Crippen molar-refractivity contribution in [1.82, 2.24) is 15.1 Å². The van der Waals surface area contributed by atoms with Gasteiger partial charge in [-0.2, -0.15) is 0 Å². The number of halogens is 1. The summed E-state index contributed by atoms with van der Waals surface area (Å²) in [6, 6.07) is 14.6. The van der Waals surface area contributed by atoms with Crippen LogP contribution >= 0.6 is 15.9 Å². The molecule has 35 heavy (non-hydrogen) atoms. The first kappa shape index (κ1) is 25.2. The fourth-order valence-corrected chi connectivity index (χ4v) is 5.43. The summed E-state index contributed by atoms with van der Waals surface area (Å²) in [4.78, 5) is 43.0. The lowest BCUT2D eigenvalue weighted by molar-refractivity contribution is -0.144. The number of likely N-dealkylation sites (N-methyl/N-ethyl adjacent to an activating group) is 1. The normalized spacial score (nSPS) is 19.4. The molecule has 1 N–H and O–H groups in total. The number of carbonyl (C=O) groups excluding carboxylic acids is 3. The Kier molecular flexibility index (Phi) is 8.11. The molecule has 0 atom stereocenters. The van der Waals surface area contributed by atoms with Crippen molar-refractivity contribution in [3.63, 3.8) is 0 Å². The molecule has 0 unspecified atom stereocenters. The highest BCUT2D eigenvalue weighted by Crippen LogP contribution is 2.39. The highest BCUT2D eigenvalue weighted by molar-refractivity contribution is 9.10. The van der Waals surface area contributed by atoms with Gasteiger partial charge in [0.15, 0.2) is 0 Å². The molecule has 2 aromatic rings. The summed E-state index contributed by atoms with van der Waals surface area (Å²) in [5, 5.41) is 2.98. The van der Waals surface area contributed by atoms with Gasteiger partial charge < -0.3 is 19.9 Å². The smallest absolute Gasteiger partial charge is 0.255 e. The number of amides is 3. The lowest BCUT2D eigenvalue weighted by Crippen LogP contribution is -2.51. The molecule has 2 aliphatic heterocycles. The van der Waals surface area contributed by atoms with Gasteiger partial charge in [-0.25, -0.2) is 0 Å². The van der Waals surface area contributed by atoms with Crippen LogP contribution in [0.2, 0.25) is 0 Å². The second kappa shape index (κ2) is 11.2. The van der Waals surface area contributed by atoms with Crippen molar-refractivity contribution >= 4 is 33.7 Å². The largest absolute Gasteiger partial charge is 0.491 e. The minimum absolute atomic E-state index is 0.0104. The number of ether oxygens (including phenoxy) is 1. The van der Waals surface area contributed by atoms with E-state index in [0.717, 1.165) is 23.7 Å². The van der Waals surface area contributed by atoms with Gasteiger partial charge in [0.1, 0.15) is 12.4 Å². The van der Waals surface area contributed by atoms with Crippen molar-refractivity contribution in [2.45, 2.75) is 32.1 Å². The molecule has 0 aliphatic carbocycles. The predicted molar refractivity (Wildman–Crippen MR) is 137 cm³/mol. The van der Waals surface area contributed by atoms with Crippen molar-refractivity contribution in [1.29, 1.82) is 0 Å². The molecule has 1 saturated heterocycles. The molecule has 0 radical (unpaired) electrons. The van der Waals surface area contributed by atoms with Crippen LogP contribution < -0.4 is 10.1 Å². The van der Waals surface area contributed by atoms with Crippen LogP contribution in [0.3, 0.4) is 0 Å². The van der Waals surface area contributed by atoms with E-state index in [1.807, 2.05) is 48.3 Å². The van der Waals surface area contributed by atoms with E-state index in [-0.39, 0.29) is 17.7 Å². The lowest BCUT2D eigenvalue weighted by Gasteiger charge is -2.43. The van der Waals surface area contributed by atoms with Gasteiger partial charge in [0.05, 0.1) is 23.1 Å². The summed E-state index contributed by atoms with van der Waals surface area (Å²) < 4.78 is 6.67. The third kappa shape index (κ3) is 5.69. The van der Waals surface area contributed by atoms with Crippen LogP contribution in [0.5, 0.6) is 5.75 Å². The van der Waals surface area contributed by atoms with Crippen molar-refractivity contribution < 1.29 is 19.1 Å². The summed E-state index contributed by atoms with van der Waals surface area (Å²) in [6.07, 6.45) is 3.61. The average molecular weight is 542 g/mol. The highest BCUT2D eigenvalue weighted by atomic mass is 79.9. The van der Waals surface area contributed by atoms with Crippen molar-refractivity contribution in [2.75, 3.05) is 39.8 Å². The number of benzene rings is 2. The molecule has 2 aliphatic rings. The Hall–Kier alpha value is -2.87. The molecule has 3 amide bonds. The molecule has 2 aromatic carbocycles. The van der Waals surface area contributed by atoms with Crippen molar-refractivity contribution in [3.8, 4) is 5.75 Å². The molecular weight excluding hydrogens is 510 g/mol. The third-order valence-electron chi connectivity index (χ3n) is 7.10. The molecule has 0 bridgehead atoms. The maximum absolute atomic E-state index is 13.7. The first-order chi connectivity index (χ1) is 16.9. The van der Waals surface area contributed by atoms with Crippen LogP contribution in [0.1, 0.15) is 52.8 Å². The molecule has 8 heteroatoms. The first-order valence-corrected chi connectivity index (χ1v) is 13.0. The Morgan fingerprint density at radius 2 is 1.69 bits per heavy atom. The number of rotatable bonds is 1. The molecule has 0 saturated carbocycles. The number of carbonyl (C=O) groups is 3. The summed E-state index contributed by atoms with van der Waals surface area (Å²) >= 11 is 3.48. The molecular formula is C27H32BrN3O4. The van der Waals surface area contributed by atoms with Crippen molar-refractivity contribution in [2.24, 2.45) is 5.41 Å². The fourth-order valence-electron chi connectivity index (χ4n) is 4.98. The molecule has 1 spiro atoms. The number of fused-ring (bicyclic) bond motifs is 1. The monoisotopic (exact) mass is 541 g/mol. The van der Waals surface area contributed by atoms with Crippen LogP contribution in [0.15, 0.2) is 53.0 Å². The van der Waals surface area contributed by atoms with E-state index in [1.165, 1.54) is 0 Å². The quantitative estimate of drug-likeness (QED) is 0.588. The Labute approximate surface area is 214 Å². The minimum atomic E-state index is -0.508. The molecule has 7 nitrogen and oxygen atoms in total. The van der Waals surface area contributed by atoms with E-state index >= 15 is 0 Å². The van der Waals surface area contributed by atoms with E-state index in [9.17, 15) is 14.4 Å². The number of hydrogen-bond donors (Lipinski definition) is 1. The van der Waals surface area contributed by atoms with Crippen LogP contribution in [0.4, 0.5) is 0 Å². The summed E-state index contributed by atoms with van der Waals surface area (Å²) in [7, 11) is 1.82. The Morgan fingerprint density at radius 3 is 2.46 bits per heavy atom. The van der Waals surface area contributed by atoms with Gasteiger partial charge in [0.25, 0.3) is 11.8 Å². The van der Waals surface area contributed by atoms with E-state index in [0.29, 0.717) is 62.5 Å². The van der Waals surface area contributed by atoms with Gasteiger partial charge in [-0.3, -0.25) is 14.4 Å². The zero-order valence-corrected chi connectivity index (χ0v) is 21.7. The Balaban J connectivity index is 1.47. The average Bonchev–Trinajstić information content (AvgIpc) is 2.88. The van der Waals surface area contributed by atoms with Crippen LogP contribution in [0, 0.1) is 5.41 Å². The molecule has 4 rings (SSSR count). The fraction of sp³-hybridized carbons (Fsp3) is 0.444. The topological polar surface area (TPSA) is 79.0 Å². The number of piperidine rings is 1. The summed E-state index contributed by atoms with van der Waals surface area (Å²) in [5.41, 5.74) is 0.647. The Morgan fingerprint density at radius 1 is 0.971 bits per heavy atom. The highest BCUT2D eigenvalue weighted by Gasteiger charge is 2.43. The molecule has 0 aromatic heterocycles. The van der Waals surface area contributed by atoms with Gasteiger partial charge in [-0.15, -0.1) is 0 Å². The minimum Gasteiger partial charge on any atom is -0.491 e. The molecule has 186 valence electrons. The van der Waals surface area contributed by atoms with Crippen LogP contribution in [-0.4, -0.2) is 67.4 Å². The predicted octanol–water partition coefficient (Wildman–Crippen LogP) is 4.12. The maximum atomic E-state index is 13.7. The number of para-hydroxylation sites is 1. The van der Waals surface area contributed by atoms with Crippen molar-refractivity contribution in [3.05, 3.63) is 64.1 Å². The third-order valence-corrected chi connectivity index (χ3v) is 7.79. The van der Waals surface area contributed by atoms with E-state index in [1.54, 1.807) is 17.0 Å². The SMILES string of the molecule is CN1CCOc2ccccc2C(=O)NCCCCC2(CCN(C(=O)c3ccccc3Br)CC2)C1=O. The summed E-state index contributed by atoms with van der Waals surface area (Å²) in [6.45, 7) is 2.35. The Bertz CT molecular complexity index is 1080. The number of nitrogens with one attached hydrogen (secondary N) is 1. The van der Waals surface area contributed by atoms with Crippen LogP contribution in [0.25, 0.3) is 0 Å². The van der Waals surface area contributed by atoms with Gasteiger partial charge in [-0.1, -0.05) is 30.7 Å². The van der Waals surface area contributed by atoms with E-state index in [2.05, 4.69) is 21.2 Å². The summed E-state index contributed by atoms with van der Waals surface area (Å²) in [5.74, 6) is 0.486. The second-order valence-corrected chi connectivity index (χ2v) is 10.2. The standard InChI is InChI=1S/C27H32BrN3O4/c1-30-18-19-35-23-11-5-3-9-21(23)24(32)29-15-7-6-12-27(26(30)34)13-16-31(17-14-27)25(33)20-8-2-4-10-22(20)28/h2-5,8-11H,6-7,12-19H2,1H3,(H,29,32). The van der Waals surface area contributed by atoms with Gasteiger partial charge in [-0.05, 0) is 65.9 Å². The number of likely N-dealkylation sites (tertiary alicyclic amines) is 1. The zero-order valence-electron chi connectivity index (χ0n) is 20.1. The van der Waals surface area contributed by atoms with Gasteiger partial charge in [0, 0.05) is 31.2 Å². The molecule has 1 fully saturated rings. The zero-order chi connectivity index (χ0) is 24.8. The number of hydrogen-bond acceptors (Lipinski definition) is 4. The number of nitrogens with zero attached hydrogens (tertiary/aromatic N) is 2.